The number of Topliss-reactive ketones (excluding diaryl/α,β-unsaturated/α-hetero) is 1. The van der Waals surface area contributed by atoms with Crippen molar-refractivity contribution in [2.75, 3.05) is 53.6 Å². The number of aliphatic hydroxyl groups excluding tert-OH is 1. The minimum atomic E-state index is -0.781. The minimum Gasteiger partial charge on any atom is -0.507 e. The Morgan fingerprint density at radius 1 is 1.03 bits per heavy atom. The Labute approximate surface area is 203 Å². The topological polar surface area (TPSA) is 88.5 Å². The first-order valence-electron chi connectivity index (χ1n) is 11.0. The summed E-state index contributed by atoms with van der Waals surface area (Å²) >= 11 is 5.99. The van der Waals surface area contributed by atoms with Crippen molar-refractivity contribution in [2.24, 2.45) is 0 Å². The lowest BCUT2D eigenvalue weighted by atomic mass is 9.95. The molecule has 2 aliphatic heterocycles. The highest BCUT2D eigenvalue weighted by molar-refractivity contribution is 6.46. The maximum absolute atomic E-state index is 13.2. The van der Waals surface area contributed by atoms with Gasteiger partial charge >= 0.3 is 0 Å². The van der Waals surface area contributed by atoms with Crippen LogP contribution in [-0.2, 0) is 14.3 Å². The second-order valence-electron chi connectivity index (χ2n) is 8.07. The largest absolute Gasteiger partial charge is 0.507 e. The Balaban J connectivity index is 1.77. The zero-order chi connectivity index (χ0) is 24.2. The van der Waals surface area contributed by atoms with Gasteiger partial charge in [0.2, 0.25) is 0 Å². The van der Waals surface area contributed by atoms with E-state index in [0.717, 1.165) is 13.1 Å². The number of halogens is 1. The molecule has 2 heterocycles. The maximum atomic E-state index is 13.2. The number of rotatable bonds is 7. The highest BCUT2D eigenvalue weighted by Crippen LogP contribution is 2.41. The molecule has 0 radical (unpaired) electrons. The standard InChI is InChI=1S/C25H27ClN2O6/c1-32-19-8-5-17(15-20(19)33-2)22-21(23(29)16-3-6-18(26)7-4-16)24(30)25(31)28(22)10-9-27-11-13-34-14-12-27/h3-8,15,22,29H,9-14H2,1-2H3/t22-/m0/s1. The minimum absolute atomic E-state index is 0.0292. The van der Waals surface area contributed by atoms with Crippen LogP contribution in [0.5, 0.6) is 11.5 Å². The van der Waals surface area contributed by atoms with Gasteiger partial charge in [-0.1, -0.05) is 17.7 Å². The van der Waals surface area contributed by atoms with Gasteiger partial charge in [0, 0.05) is 36.8 Å². The van der Waals surface area contributed by atoms with E-state index in [1.54, 1.807) is 42.5 Å². The molecule has 0 saturated carbocycles. The molecule has 1 amide bonds. The number of benzene rings is 2. The van der Waals surface area contributed by atoms with Gasteiger partial charge in [-0.15, -0.1) is 0 Å². The van der Waals surface area contributed by atoms with Gasteiger partial charge in [0.25, 0.3) is 11.7 Å². The van der Waals surface area contributed by atoms with Gasteiger partial charge in [-0.25, -0.2) is 0 Å². The molecule has 1 atom stereocenters. The molecule has 2 aliphatic rings. The quantitative estimate of drug-likeness (QED) is 0.365. The summed E-state index contributed by atoms with van der Waals surface area (Å²) in [5.74, 6) is -0.638. The maximum Gasteiger partial charge on any atom is 0.295 e. The van der Waals surface area contributed by atoms with Gasteiger partial charge in [0.05, 0.1) is 39.0 Å². The van der Waals surface area contributed by atoms with E-state index in [-0.39, 0.29) is 11.3 Å². The average Bonchev–Trinajstić information content (AvgIpc) is 3.12. The summed E-state index contributed by atoms with van der Waals surface area (Å²) in [4.78, 5) is 30.0. The van der Waals surface area contributed by atoms with E-state index >= 15 is 0 Å². The Morgan fingerprint density at radius 3 is 2.35 bits per heavy atom. The van der Waals surface area contributed by atoms with Gasteiger partial charge in [0.1, 0.15) is 5.76 Å². The average molecular weight is 487 g/mol. The highest BCUT2D eigenvalue weighted by atomic mass is 35.5. The summed E-state index contributed by atoms with van der Waals surface area (Å²) in [5, 5.41) is 11.6. The van der Waals surface area contributed by atoms with E-state index in [1.165, 1.54) is 19.1 Å². The number of ether oxygens (including phenoxy) is 3. The number of aliphatic hydroxyl groups is 1. The van der Waals surface area contributed by atoms with E-state index in [1.807, 2.05) is 0 Å². The number of methoxy groups -OCH3 is 2. The third kappa shape index (κ3) is 4.75. The predicted octanol–water partition coefficient (Wildman–Crippen LogP) is 3.11. The Bertz CT molecular complexity index is 1100. The lowest BCUT2D eigenvalue weighted by molar-refractivity contribution is -0.140. The number of hydrogen-bond donors (Lipinski definition) is 1. The fourth-order valence-electron chi connectivity index (χ4n) is 4.32. The van der Waals surface area contributed by atoms with Crippen molar-refractivity contribution in [3.63, 3.8) is 0 Å². The summed E-state index contributed by atoms with van der Waals surface area (Å²) in [6, 6.07) is 10.9. The predicted molar refractivity (Wildman–Crippen MR) is 127 cm³/mol. The van der Waals surface area contributed by atoms with Crippen LogP contribution in [-0.4, -0.2) is 80.2 Å². The normalized spacial score (nSPS) is 20.6. The van der Waals surface area contributed by atoms with Gasteiger partial charge in [-0.3, -0.25) is 14.5 Å². The molecule has 0 spiro atoms. The monoisotopic (exact) mass is 486 g/mol. The van der Waals surface area contributed by atoms with Gasteiger partial charge in [-0.2, -0.15) is 0 Å². The van der Waals surface area contributed by atoms with Crippen LogP contribution in [0.3, 0.4) is 0 Å². The van der Waals surface area contributed by atoms with Gasteiger partial charge in [0.15, 0.2) is 11.5 Å². The van der Waals surface area contributed by atoms with E-state index in [0.29, 0.717) is 54.0 Å². The molecule has 2 saturated heterocycles. The summed E-state index contributed by atoms with van der Waals surface area (Å²) in [6.45, 7) is 3.69. The van der Waals surface area contributed by atoms with Gasteiger partial charge in [-0.05, 0) is 42.0 Å². The number of ketones is 1. The van der Waals surface area contributed by atoms with Crippen LogP contribution in [0.15, 0.2) is 48.0 Å². The second kappa shape index (κ2) is 10.5. The van der Waals surface area contributed by atoms with Crippen molar-refractivity contribution in [3.05, 3.63) is 64.2 Å². The number of hydrogen-bond acceptors (Lipinski definition) is 7. The van der Waals surface area contributed by atoms with Crippen molar-refractivity contribution in [1.29, 1.82) is 0 Å². The molecule has 0 aliphatic carbocycles. The first-order valence-corrected chi connectivity index (χ1v) is 11.4. The van der Waals surface area contributed by atoms with Crippen molar-refractivity contribution in [2.45, 2.75) is 6.04 Å². The Morgan fingerprint density at radius 2 is 1.71 bits per heavy atom. The van der Waals surface area contributed by atoms with Crippen LogP contribution in [0.25, 0.3) is 5.76 Å². The van der Waals surface area contributed by atoms with Crippen molar-refractivity contribution >= 4 is 29.1 Å². The van der Waals surface area contributed by atoms with E-state index < -0.39 is 17.7 Å². The lowest BCUT2D eigenvalue weighted by Gasteiger charge is -2.31. The molecule has 0 unspecified atom stereocenters. The SMILES string of the molecule is COc1ccc([C@H]2C(=C(O)c3ccc(Cl)cc3)C(=O)C(=O)N2CCN2CCOCC2)cc1OC. The zero-order valence-corrected chi connectivity index (χ0v) is 19.9. The fourth-order valence-corrected chi connectivity index (χ4v) is 4.44. The van der Waals surface area contributed by atoms with E-state index in [9.17, 15) is 14.7 Å². The molecular formula is C25H27ClN2O6. The molecule has 0 bridgehead atoms. The van der Waals surface area contributed by atoms with E-state index in [2.05, 4.69) is 4.90 Å². The van der Waals surface area contributed by atoms with Crippen molar-refractivity contribution < 1.29 is 28.9 Å². The lowest BCUT2D eigenvalue weighted by Crippen LogP contribution is -2.42. The number of carbonyl (C=O) groups excluding carboxylic acids is 2. The highest BCUT2D eigenvalue weighted by Gasteiger charge is 2.46. The fraction of sp³-hybridized carbons (Fsp3) is 0.360. The number of morpholine rings is 1. The van der Waals surface area contributed by atoms with Crippen LogP contribution < -0.4 is 9.47 Å². The van der Waals surface area contributed by atoms with Gasteiger partial charge < -0.3 is 24.2 Å². The molecule has 2 fully saturated rings. The summed E-state index contributed by atoms with van der Waals surface area (Å²) < 4.78 is 16.2. The molecule has 34 heavy (non-hydrogen) atoms. The molecule has 180 valence electrons. The summed E-state index contributed by atoms with van der Waals surface area (Å²) in [7, 11) is 3.05. The van der Waals surface area contributed by atoms with Crippen LogP contribution in [0.1, 0.15) is 17.2 Å². The zero-order valence-electron chi connectivity index (χ0n) is 19.1. The summed E-state index contributed by atoms with van der Waals surface area (Å²) in [6.07, 6.45) is 0. The first-order chi connectivity index (χ1) is 16.4. The smallest absolute Gasteiger partial charge is 0.295 e. The van der Waals surface area contributed by atoms with Crippen LogP contribution >= 0.6 is 11.6 Å². The Kier molecular flexibility index (Phi) is 7.41. The number of nitrogens with zero attached hydrogens (tertiary/aromatic N) is 2. The summed E-state index contributed by atoms with van der Waals surface area (Å²) in [5.41, 5.74) is 1.07. The third-order valence-corrected chi connectivity index (χ3v) is 6.39. The van der Waals surface area contributed by atoms with Crippen molar-refractivity contribution in [1.82, 2.24) is 9.80 Å². The molecule has 8 nitrogen and oxygen atoms in total. The molecule has 2 aromatic carbocycles. The van der Waals surface area contributed by atoms with Crippen LogP contribution in [0.4, 0.5) is 0 Å². The number of carbonyl (C=O) groups is 2. The van der Waals surface area contributed by atoms with Crippen LogP contribution in [0, 0.1) is 0 Å². The molecule has 4 rings (SSSR count). The number of amides is 1. The Hall–Kier alpha value is -3.07. The third-order valence-electron chi connectivity index (χ3n) is 6.14. The second-order valence-corrected chi connectivity index (χ2v) is 8.50. The van der Waals surface area contributed by atoms with Crippen LogP contribution in [0.2, 0.25) is 5.02 Å². The molecule has 0 aromatic heterocycles. The number of likely N-dealkylation sites (tertiary alicyclic amines) is 1. The molecular weight excluding hydrogens is 460 g/mol. The molecule has 1 N–H and O–H groups in total. The molecule has 2 aromatic rings. The molecule has 9 heteroatoms. The van der Waals surface area contributed by atoms with E-state index in [4.69, 9.17) is 25.8 Å². The first kappa shape index (κ1) is 24.1. The van der Waals surface area contributed by atoms with Crippen molar-refractivity contribution in [3.8, 4) is 11.5 Å².